The molecule has 2 aromatic heterocycles. The van der Waals surface area contributed by atoms with Crippen molar-refractivity contribution in [2.24, 2.45) is 0 Å². The molecule has 0 radical (unpaired) electrons. The molecule has 0 bridgehead atoms. The normalized spacial score (nSPS) is 10.7. The summed E-state index contributed by atoms with van der Waals surface area (Å²) in [6, 6.07) is 8.82. The number of carbonyl (C=O) groups is 1. The van der Waals surface area contributed by atoms with E-state index in [-0.39, 0.29) is 5.76 Å². The van der Waals surface area contributed by atoms with E-state index in [0.717, 1.165) is 10.8 Å². The van der Waals surface area contributed by atoms with Gasteiger partial charge in [-0.2, -0.15) is 0 Å². The zero-order valence-electron chi connectivity index (χ0n) is 11.2. The van der Waals surface area contributed by atoms with Gasteiger partial charge in [-0.15, -0.1) is 0 Å². The number of nitrogens with two attached hydrogens (primary N) is 1. The van der Waals surface area contributed by atoms with Crippen molar-refractivity contribution in [2.45, 2.75) is 0 Å². The number of halogens is 1. The molecule has 3 N–H and O–H groups in total. The van der Waals surface area contributed by atoms with Crippen LogP contribution in [0.5, 0.6) is 0 Å². The number of nitrogens with one attached hydrogen (secondary N) is 1. The second kappa shape index (κ2) is 5.14. The fourth-order valence-corrected chi connectivity index (χ4v) is 2.13. The van der Waals surface area contributed by atoms with Gasteiger partial charge < -0.3 is 15.5 Å². The number of nitrogens with zero attached hydrogens (tertiary/aromatic N) is 1. The molecule has 0 spiro atoms. The number of pyridine rings is 1. The smallest absolute Gasteiger partial charge is 0.294 e. The van der Waals surface area contributed by atoms with Crippen LogP contribution in [0.4, 0.5) is 11.5 Å². The number of anilines is 2. The first-order chi connectivity index (χ1) is 10.0. The highest BCUT2D eigenvalue weighted by atomic mass is 35.5. The van der Waals surface area contributed by atoms with Crippen molar-refractivity contribution in [2.75, 3.05) is 11.1 Å². The van der Waals surface area contributed by atoms with E-state index in [1.807, 2.05) is 26.0 Å². The number of fused-ring (bicyclic) bond motifs is 1. The van der Waals surface area contributed by atoms with Crippen LogP contribution in [-0.2, 0) is 0 Å². The predicted octanol–water partition coefficient (Wildman–Crippen LogP) is 1.57. The van der Waals surface area contributed by atoms with Crippen LogP contribution in [0.25, 0.3) is 11.0 Å². The first-order valence-electron chi connectivity index (χ1n) is 6.26. The molecule has 0 aliphatic rings. The average molecular weight is 300 g/mol. The fraction of sp³-hybridized carbons (Fsp3) is 0. The number of hydrogen-bond donors (Lipinski definition) is 2. The molecule has 0 aliphatic carbocycles. The Morgan fingerprint density at radius 2 is 2.14 bits per heavy atom. The van der Waals surface area contributed by atoms with E-state index in [9.17, 15) is 4.79 Å². The van der Waals surface area contributed by atoms with Gasteiger partial charge in [-0.25, -0.2) is 4.98 Å². The number of benzene rings is 1. The number of carbonyl (C=O) groups excluding carboxylic acids is 1. The van der Waals surface area contributed by atoms with Crippen molar-refractivity contribution in [1.29, 1.82) is 0 Å². The summed E-state index contributed by atoms with van der Waals surface area (Å²) in [5.41, 5.74) is 7.90. The minimum atomic E-state index is -0.448. The van der Waals surface area contributed by atoms with Crippen molar-refractivity contribution in [3.63, 3.8) is 0 Å². The lowest BCUT2D eigenvalue weighted by Gasteiger charge is -2.02. The maximum atomic E-state index is 12.2. The highest BCUT2D eigenvalue weighted by Crippen LogP contribution is 2.28. The summed E-state index contributed by atoms with van der Waals surface area (Å²) >= 11 is 5.74. The molecule has 0 saturated carbocycles. The lowest BCUT2D eigenvalue weighted by molar-refractivity contribution is 0.0999. The zero-order valence-corrected chi connectivity index (χ0v) is 11.9. The van der Waals surface area contributed by atoms with E-state index in [2.05, 4.69) is 10.3 Å². The van der Waals surface area contributed by atoms with E-state index >= 15 is 0 Å². The maximum absolute atomic E-state index is 12.2. The van der Waals surface area contributed by atoms with Gasteiger partial charge in [0.2, 0.25) is 5.76 Å². The van der Waals surface area contributed by atoms with Crippen LogP contribution in [0.3, 0.4) is 0 Å². The lowest BCUT2D eigenvalue weighted by Crippen LogP contribution is -2.13. The summed E-state index contributed by atoms with van der Waals surface area (Å²) in [5.74, 6) is 0.00367. The van der Waals surface area contributed by atoms with Crippen molar-refractivity contribution < 1.29 is 9.21 Å². The highest BCUT2D eigenvalue weighted by molar-refractivity contribution is 6.33. The van der Waals surface area contributed by atoms with Crippen LogP contribution in [0.15, 0.2) is 40.9 Å². The van der Waals surface area contributed by atoms with Crippen molar-refractivity contribution in [3.05, 3.63) is 47.3 Å². The lowest BCUT2D eigenvalue weighted by atomic mass is 9.95. The summed E-state index contributed by atoms with van der Waals surface area (Å²) in [6.07, 6.45) is 1.45. The van der Waals surface area contributed by atoms with Gasteiger partial charge in [0.1, 0.15) is 19.2 Å². The standard InChI is InChI=1S/C14H11BClN3O2/c15-7-1-3-9-10(5-7)21-13(12(9)17)14(20)19-11-4-2-8(16)6-18-11/h1-6H,15,17H2,(H,18,19,20). The molecule has 0 unspecified atom stereocenters. The Labute approximate surface area is 126 Å². The molecule has 1 aromatic carbocycles. The van der Waals surface area contributed by atoms with Gasteiger partial charge >= 0.3 is 0 Å². The predicted molar refractivity (Wildman–Crippen MR) is 86.0 cm³/mol. The van der Waals surface area contributed by atoms with Crippen LogP contribution in [0.1, 0.15) is 10.6 Å². The molecule has 0 fully saturated rings. The first kappa shape index (κ1) is 13.5. The van der Waals surface area contributed by atoms with E-state index < -0.39 is 5.91 Å². The highest BCUT2D eigenvalue weighted by Gasteiger charge is 2.19. The van der Waals surface area contributed by atoms with Crippen LogP contribution in [0.2, 0.25) is 5.02 Å². The molecule has 2 heterocycles. The molecular weight excluding hydrogens is 288 g/mol. The molecule has 0 atom stereocenters. The van der Waals surface area contributed by atoms with Crippen LogP contribution in [0, 0.1) is 0 Å². The summed E-state index contributed by atoms with van der Waals surface area (Å²) in [5, 5.41) is 3.83. The van der Waals surface area contributed by atoms with Gasteiger partial charge in [-0.1, -0.05) is 23.1 Å². The number of aromatic nitrogens is 1. The van der Waals surface area contributed by atoms with Crippen LogP contribution >= 0.6 is 11.6 Å². The summed E-state index contributed by atoms with van der Waals surface area (Å²) < 4.78 is 5.55. The molecule has 1 amide bonds. The minimum Gasteiger partial charge on any atom is -0.449 e. The Bertz CT molecular complexity index is 830. The molecular formula is C14H11BClN3O2. The molecule has 0 saturated heterocycles. The van der Waals surface area contributed by atoms with E-state index in [1.54, 1.807) is 12.1 Å². The minimum absolute atomic E-state index is 0.0763. The quantitative estimate of drug-likeness (QED) is 0.704. The fourth-order valence-electron chi connectivity index (χ4n) is 2.02. The van der Waals surface area contributed by atoms with Crippen LogP contribution < -0.4 is 16.5 Å². The SMILES string of the molecule is Bc1ccc2c(N)c(C(=O)Nc3ccc(Cl)cn3)oc2c1. The molecule has 5 nitrogen and oxygen atoms in total. The van der Waals surface area contributed by atoms with Crippen LogP contribution in [-0.4, -0.2) is 18.7 Å². The molecule has 21 heavy (non-hydrogen) atoms. The summed E-state index contributed by atoms with van der Waals surface area (Å²) in [7, 11) is 1.94. The topological polar surface area (TPSA) is 81.2 Å². The number of amides is 1. The third kappa shape index (κ3) is 2.58. The Morgan fingerprint density at radius 1 is 1.33 bits per heavy atom. The molecule has 7 heteroatoms. The van der Waals surface area contributed by atoms with E-state index in [4.69, 9.17) is 21.8 Å². The first-order valence-corrected chi connectivity index (χ1v) is 6.64. The Kier molecular flexibility index (Phi) is 3.31. The molecule has 0 aliphatic heterocycles. The number of rotatable bonds is 2. The van der Waals surface area contributed by atoms with E-state index in [0.29, 0.717) is 22.1 Å². The Morgan fingerprint density at radius 3 is 2.86 bits per heavy atom. The Balaban J connectivity index is 1.94. The molecule has 104 valence electrons. The number of nitrogen functional groups attached to an aromatic ring is 1. The van der Waals surface area contributed by atoms with Crippen molar-refractivity contribution >= 4 is 53.3 Å². The van der Waals surface area contributed by atoms with Crippen molar-refractivity contribution in [1.82, 2.24) is 4.98 Å². The number of hydrogen-bond acceptors (Lipinski definition) is 4. The van der Waals surface area contributed by atoms with Gasteiger partial charge in [0.15, 0.2) is 0 Å². The average Bonchev–Trinajstić information content (AvgIpc) is 2.78. The summed E-state index contributed by atoms with van der Waals surface area (Å²) in [6.45, 7) is 0. The second-order valence-corrected chi connectivity index (χ2v) is 5.10. The monoisotopic (exact) mass is 299 g/mol. The zero-order chi connectivity index (χ0) is 15.0. The van der Waals surface area contributed by atoms with Gasteiger partial charge in [0.05, 0.1) is 10.7 Å². The summed E-state index contributed by atoms with van der Waals surface area (Å²) in [4.78, 5) is 16.2. The molecule has 3 aromatic rings. The number of furan rings is 1. The van der Waals surface area contributed by atoms with Gasteiger partial charge in [0.25, 0.3) is 5.91 Å². The maximum Gasteiger partial charge on any atom is 0.294 e. The largest absolute Gasteiger partial charge is 0.449 e. The van der Waals surface area contributed by atoms with E-state index in [1.165, 1.54) is 6.20 Å². The second-order valence-electron chi connectivity index (χ2n) is 4.66. The van der Waals surface area contributed by atoms with Gasteiger partial charge in [-0.3, -0.25) is 4.79 Å². The molecule has 3 rings (SSSR count). The van der Waals surface area contributed by atoms with Gasteiger partial charge in [-0.05, 0) is 24.3 Å². The van der Waals surface area contributed by atoms with Crippen molar-refractivity contribution in [3.8, 4) is 0 Å². The van der Waals surface area contributed by atoms with Gasteiger partial charge in [0, 0.05) is 11.6 Å². The third-order valence-electron chi connectivity index (χ3n) is 3.06. The third-order valence-corrected chi connectivity index (χ3v) is 3.28. The Hall–Kier alpha value is -2.47.